The minimum Gasteiger partial charge on any atom is -0.322 e. The zero-order valence-electron chi connectivity index (χ0n) is 15.8. The molecule has 0 spiro atoms. The van der Waals surface area contributed by atoms with E-state index in [1.807, 2.05) is 44.3 Å². The number of halogens is 2. The number of nitrogens with one attached hydrogen (secondary N) is 2. The highest BCUT2D eigenvalue weighted by Crippen LogP contribution is 2.29. The van der Waals surface area contributed by atoms with Crippen LogP contribution < -0.4 is 5.32 Å². The van der Waals surface area contributed by atoms with Crippen molar-refractivity contribution < 1.29 is 13.6 Å². The number of benzene rings is 3. The van der Waals surface area contributed by atoms with Crippen LogP contribution in [0.2, 0.25) is 0 Å². The molecule has 1 heterocycles. The molecule has 0 saturated carbocycles. The van der Waals surface area contributed by atoms with Crippen molar-refractivity contribution in [1.82, 2.24) is 15.0 Å². The molecular formula is C22H18F2N4O. The standard InChI is InChI=1S/C22H18F2N4O/c1-13-6-7-15(21-26-28(2)27-21)12-17(13)14-8-10-16(11-9-14)25-22(29)20-18(23)4-3-5-19(20)24/h3-12H,1-2H3,(H,25,29)(H,26,27). The van der Waals surface area contributed by atoms with Crippen LogP contribution in [0.25, 0.3) is 22.5 Å². The minimum absolute atomic E-state index is 0.446. The fourth-order valence-corrected chi connectivity index (χ4v) is 3.15. The van der Waals surface area contributed by atoms with Crippen LogP contribution in [0, 0.1) is 18.6 Å². The third-order valence-electron chi connectivity index (χ3n) is 4.67. The summed E-state index contributed by atoms with van der Waals surface area (Å²) in [7, 11) is 1.82. The van der Waals surface area contributed by atoms with Gasteiger partial charge in [-0.2, -0.15) is 0 Å². The van der Waals surface area contributed by atoms with Crippen LogP contribution in [0.15, 0.2) is 60.7 Å². The number of hydrogen-bond donors (Lipinski definition) is 2. The molecule has 4 rings (SSSR count). The highest BCUT2D eigenvalue weighted by atomic mass is 19.1. The number of anilines is 1. The largest absolute Gasteiger partial charge is 0.322 e. The molecule has 0 aliphatic rings. The molecule has 7 heteroatoms. The van der Waals surface area contributed by atoms with Gasteiger partial charge in [0.25, 0.3) is 5.91 Å². The first-order valence-electron chi connectivity index (χ1n) is 8.98. The average molecular weight is 392 g/mol. The van der Waals surface area contributed by atoms with Crippen LogP contribution in [0.1, 0.15) is 15.9 Å². The van der Waals surface area contributed by atoms with Gasteiger partial charge >= 0.3 is 0 Å². The normalized spacial score (nSPS) is 10.9. The molecule has 0 radical (unpaired) electrons. The summed E-state index contributed by atoms with van der Waals surface area (Å²) < 4.78 is 27.6. The molecule has 0 aliphatic carbocycles. The Bertz CT molecular complexity index is 1160. The molecule has 2 N–H and O–H groups in total. The van der Waals surface area contributed by atoms with Crippen LogP contribution in [0.3, 0.4) is 0 Å². The first-order valence-corrected chi connectivity index (χ1v) is 8.98. The molecule has 0 atom stereocenters. The topological polar surface area (TPSA) is 62.7 Å². The molecule has 4 aromatic rings. The first-order chi connectivity index (χ1) is 13.9. The Labute approximate surface area is 166 Å². The maximum Gasteiger partial charge on any atom is 0.261 e. The second-order valence-electron chi connectivity index (χ2n) is 6.74. The van der Waals surface area contributed by atoms with E-state index >= 15 is 0 Å². The van der Waals surface area contributed by atoms with E-state index < -0.39 is 23.1 Å². The second kappa shape index (κ2) is 7.35. The molecule has 1 amide bonds. The molecule has 29 heavy (non-hydrogen) atoms. The number of hydrogen-bond acceptors (Lipinski definition) is 2. The van der Waals surface area contributed by atoms with Crippen LogP contribution >= 0.6 is 0 Å². The van der Waals surface area contributed by atoms with Crippen molar-refractivity contribution in [2.24, 2.45) is 7.05 Å². The summed E-state index contributed by atoms with van der Waals surface area (Å²) in [5.41, 5.74) is 3.89. The van der Waals surface area contributed by atoms with E-state index in [0.717, 1.165) is 40.2 Å². The van der Waals surface area contributed by atoms with E-state index in [-0.39, 0.29) is 0 Å². The predicted octanol–water partition coefficient (Wildman–Crippen LogP) is 4.92. The first kappa shape index (κ1) is 18.6. The number of rotatable bonds is 4. The van der Waals surface area contributed by atoms with Gasteiger partial charge in [0.2, 0.25) is 0 Å². The highest BCUT2D eigenvalue weighted by molar-refractivity contribution is 6.04. The summed E-state index contributed by atoms with van der Waals surface area (Å²) in [5.74, 6) is -1.83. The lowest BCUT2D eigenvalue weighted by Gasteiger charge is -2.13. The van der Waals surface area contributed by atoms with Crippen molar-refractivity contribution in [1.29, 1.82) is 0 Å². The highest BCUT2D eigenvalue weighted by Gasteiger charge is 2.17. The lowest BCUT2D eigenvalue weighted by Crippen LogP contribution is -2.15. The van der Waals surface area contributed by atoms with Crippen molar-refractivity contribution in [2.45, 2.75) is 6.92 Å². The van der Waals surface area contributed by atoms with Crippen LogP contribution in [0.4, 0.5) is 14.5 Å². The van der Waals surface area contributed by atoms with E-state index in [2.05, 4.69) is 15.5 Å². The van der Waals surface area contributed by atoms with E-state index in [1.54, 1.807) is 16.9 Å². The van der Waals surface area contributed by atoms with Gasteiger partial charge in [0, 0.05) is 18.3 Å². The molecule has 0 saturated heterocycles. The predicted molar refractivity (Wildman–Crippen MR) is 107 cm³/mol. The Balaban J connectivity index is 1.57. The lowest BCUT2D eigenvalue weighted by molar-refractivity contribution is 0.101. The molecule has 0 fully saturated rings. The number of H-pyrrole nitrogens is 1. The Morgan fingerprint density at radius 2 is 1.62 bits per heavy atom. The second-order valence-corrected chi connectivity index (χ2v) is 6.74. The Kier molecular flexibility index (Phi) is 4.72. The molecule has 3 aromatic carbocycles. The summed E-state index contributed by atoms with van der Waals surface area (Å²) in [6, 6.07) is 16.5. The molecule has 1 aromatic heterocycles. The Morgan fingerprint density at radius 1 is 1.00 bits per heavy atom. The maximum atomic E-state index is 13.8. The third-order valence-corrected chi connectivity index (χ3v) is 4.67. The number of carbonyl (C=O) groups excluding carboxylic acids is 1. The average Bonchev–Trinajstić information content (AvgIpc) is 2.67. The molecular weight excluding hydrogens is 374 g/mol. The fourth-order valence-electron chi connectivity index (χ4n) is 3.15. The molecule has 0 bridgehead atoms. The van der Waals surface area contributed by atoms with Gasteiger partial charge < -0.3 is 5.32 Å². The third kappa shape index (κ3) is 3.67. The van der Waals surface area contributed by atoms with E-state index in [4.69, 9.17) is 0 Å². The van der Waals surface area contributed by atoms with Gasteiger partial charge in [0.05, 0.1) is 0 Å². The van der Waals surface area contributed by atoms with Crippen LogP contribution in [-0.2, 0) is 7.05 Å². The van der Waals surface area contributed by atoms with Crippen LogP contribution in [-0.4, -0.2) is 20.9 Å². The minimum atomic E-state index is -0.898. The van der Waals surface area contributed by atoms with Gasteiger partial charge in [0.1, 0.15) is 17.2 Å². The van der Waals surface area contributed by atoms with Crippen molar-refractivity contribution in [3.05, 3.63) is 83.4 Å². The van der Waals surface area contributed by atoms with Gasteiger partial charge in [-0.3, -0.25) is 9.89 Å². The van der Waals surface area contributed by atoms with Gasteiger partial charge in [-0.25, -0.2) is 13.6 Å². The maximum absolute atomic E-state index is 13.8. The van der Waals surface area contributed by atoms with E-state index in [1.165, 1.54) is 6.07 Å². The van der Waals surface area contributed by atoms with Gasteiger partial charge in [-0.05, 0) is 53.9 Å². The molecule has 0 aliphatic heterocycles. The quantitative estimate of drug-likeness (QED) is 0.518. The summed E-state index contributed by atoms with van der Waals surface area (Å²) in [4.78, 5) is 13.9. The zero-order valence-corrected chi connectivity index (χ0v) is 15.8. The summed E-state index contributed by atoms with van der Waals surface area (Å²) in [5, 5.41) is 9.90. The van der Waals surface area contributed by atoms with Crippen molar-refractivity contribution in [3.8, 4) is 22.5 Å². The number of nitrogens with zero attached hydrogens (tertiary/aromatic N) is 2. The van der Waals surface area contributed by atoms with Gasteiger partial charge in [0.15, 0.2) is 5.82 Å². The Morgan fingerprint density at radius 3 is 2.24 bits per heavy atom. The number of aryl methyl sites for hydroxylation is 2. The van der Waals surface area contributed by atoms with Gasteiger partial charge in [-0.1, -0.05) is 30.3 Å². The number of aromatic amines is 1. The number of aromatic nitrogens is 3. The summed E-state index contributed by atoms with van der Waals surface area (Å²) in [6.45, 7) is 2.01. The molecule has 0 unspecified atom stereocenters. The SMILES string of the molecule is Cc1ccc(-c2nn(C)[nH]2)cc1-c1ccc(NC(=O)c2c(F)cccc2F)cc1. The van der Waals surface area contributed by atoms with Crippen molar-refractivity contribution in [3.63, 3.8) is 0 Å². The molecule has 146 valence electrons. The van der Waals surface area contributed by atoms with Crippen LogP contribution in [0.5, 0.6) is 0 Å². The number of carbonyl (C=O) groups is 1. The van der Waals surface area contributed by atoms with Crippen molar-refractivity contribution >= 4 is 11.6 Å². The van der Waals surface area contributed by atoms with Crippen molar-refractivity contribution in [2.75, 3.05) is 5.32 Å². The van der Waals surface area contributed by atoms with E-state index in [0.29, 0.717) is 5.69 Å². The molecule has 5 nitrogen and oxygen atoms in total. The zero-order chi connectivity index (χ0) is 20.5. The Hall–Kier alpha value is -3.74. The summed E-state index contributed by atoms with van der Waals surface area (Å²) >= 11 is 0. The van der Waals surface area contributed by atoms with E-state index in [9.17, 15) is 13.6 Å². The van der Waals surface area contributed by atoms with Gasteiger partial charge in [-0.15, -0.1) is 5.10 Å². The monoisotopic (exact) mass is 392 g/mol. The number of amides is 1. The smallest absolute Gasteiger partial charge is 0.261 e. The summed E-state index contributed by atoms with van der Waals surface area (Å²) in [6.07, 6.45) is 0. The lowest BCUT2D eigenvalue weighted by atomic mass is 9.97. The fraction of sp³-hybridized carbons (Fsp3) is 0.0909.